The Morgan fingerprint density at radius 3 is 1.61 bits per heavy atom. The molecule has 2 heterocycles. The highest BCUT2D eigenvalue weighted by molar-refractivity contribution is 6.50. The van der Waals surface area contributed by atoms with Gasteiger partial charge in [0.25, 0.3) is 0 Å². The van der Waals surface area contributed by atoms with Crippen molar-refractivity contribution in [3.8, 4) is 0 Å². The average molecular weight is 427 g/mol. The number of likely N-dealkylation sites (tertiary alicyclic amines) is 1. The summed E-state index contributed by atoms with van der Waals surface area (Å²) in [4.78, 5) is 0. The van der Waals surface area contributed by atoms with E-state index in [1.807, 2.05) is 17.8 Å². The van der Waals surface area contributed by atoms with E-state index in [0.29, 0.717) is 0 Å². The lowest BCUT2D eigenvalue weighted by Gasteiger charge is -2.28. The zero-order valence-electron chi connectivity index (χ0n) is 16.9. The molecule has 28 heavy (non-hydrogen) atoms. The molecule has 1 saturated heterocycles. The Balaban J connectivity index is 0. The van der Waals surface area contributed by atoms with Gasteiger partial charge in [0, 0.05) is 12.8 Å². The van der Waals surface area contributed by atoms with Crippen molar-refractivity contribution in [2.75, 3.05) is 26.7 Å². The normalized spacial score (nSPS) is 15.4. The second-order valence-electron chi connectivity index (χ2n) is 6.75. The molecular formula is C15H31B2F8N3. The van der Waals surface area contributed by atoms with Crippen LogP contribution in [0.4, 0.5) is 34.5 Å². The second-order valence-corrected chi connectivity index (χ2v) is 6.75. The Morgan fingerprint density at radius 1 is 0.929 bits per heavy atom. The predicted octanol–water partition coefficient (Wildman–Crippen LogP) is 4.96. The standard InChI is InChI=1S/C9H20N.C6H11N2.2BF4/c1-3-4-7-10(2)8-5-6-9-10;1-3-8-5-4-7(2)6-8;2*2-1(3,4)5/h3-9H2,1-2H3;4-6H,3H2,1-2H3;;/q2*+1;2*-1. The zero-order valence-corrected chi connectivity index (χ0v) is 16.9. The summed E-state index contributed by atoms with van der Waals surface area (Å²) < 4.78 is 83.5. The monoisotopic (exact) mass is 427 g/mol. The van der Waals surface area contributed by atoms with Crippen LogP contribution in [-0.4, -0.2) is 50.2 Å². The van der Waals surface area contributed by atoms with E-state index in [1.54, 1.807) is 0 Å². The number of aryl methyl sites for hydroxylation is 2. The van der Waals surface area contributed by atoms with Crippen LogP contribution < -0.4 is 4.57 Å². The lowest BCUT2D eigenvalue weighted by Crippen LogP contribution is -2.41. The van der Waals surface area contributed by atoms with E-state index in [-0.39, 0.29) is 0 Å². The lowest BCUT2D eigenvalue weighted by atomic mass is 10.3. The lowest BCUT2D eigenvalue weighted by molar-refractivity contribution is -0.897. The zero-order chi connectivity index (χ0) is 22.4. The van der Waals surface area contributed by atoms with Crippen molar-refractivity contribution in [2.24, 2.45) is 7.05 Å². The van der Waals surface area contributed by atoms with Crippen molar-refractivity contribution in [3.05, 3.63) is 18.7 Å². The van der Waals surface area contributed by atoms with Crippen molar-refractivity contribution in [2.45, 2.75) is 46.1 Å². The molecule has 1 aliphatic rings. The Kier molecular flexibility index (Phi) is 14.3. The minimum Gasteiger partial charge on any atom is -0.418 e. The highest BCUT2D eigenvalue weighted by Crippen LogP contribution is 2.16. The van der Waals surface area contributed by atoms with Crippen LogP contribution in [0.5, 0.6) is 0 Å². The summed E-state index contributed by atoms with van der Waals surface area (Å²) in [6, 6.07) is 0. The van der Waals surface area contributed by atoms with E-state index in [4.69, 9.17) is 0 Å². The summed E-state index contributed by atoms with van der Waals surface area (Å²) in [5.74, 6) is 0. The van der Waals surface area contributed by atoms with Gasteiger partial charge in [0.2, 0.25) is 6.33 Å². The fourth-order valence-corrected chi connectivity index (χ4v) is 2.55. The molecule has 0 aliphatic carbocycles. The largest absolute Gasteiger partial charge is 0.673 e. The summed E-state index contributed by atoms with van der Waals surface area (Å²) in [6.07, 6.45) is 11.8. The third kappa shape index (κ3) is 24.7. The van der Waals surface area contributed by atoms with E-state index < -0.39 is 14.5 Å². The van der Waals surface area contributed by atoms with Gasteiger partial charge in [-0.05, 0) is 13.3 Å². The highest BCUT2D eigenvalue weighted by atomic mass is 19.5. The van der Waals surface area contributed by atoms with Crippen LogP contribution in [0, 0.1) is 0 Å². The number of quaternary nitrogens is 1. The molecule has 1 aromatic heterocycles. The Morgan fingerprint density at radius 2 is 1.36 bits per heavy atom. The SMILES string of the molecule is CCCC[N+]1(C)CCCC1.CCn1cc[n+](C)c1.F[B-](F)(F)F.F[B-](F)(F)F. The van der Waals surface area contributed by atoms with E-state index >= 15 is 0 Å². The molecule has 1 aromatic rings. The molecule has 0 radical (unpaired) electrons. The van der Waals surface area contributed by atoms with Crippen LogP contribution >= 0.6 is 0 Å². The Bertz CT molecular complexity index is 476. The minimum atomic E-state index is -6.00. The average Bonchev–Trinajstić information content (AvgIpc) is 3.11. The highest BCUT2D eigenvalue weighted by Gasteiger charge is 2.25. The first kappa shape index (κ1) is 28.9. The molecule has 0 bridgehead atoms. The van der Waals surface area contributed by atoms with Crippen molar-refractivity contribution in [1.82, 2.24) is 4.57 Å². The molecule has 0 saturated carbocycles. The van der Waals surface area contributed by atoms with Crippen LogP contribution in [-0.2, 0) is 13.6 Å². The molecule has 0 spiro atoms. The number of imidazole rings is 1. The van der Waals surface area contributed by atoms with E-state index in [9.17, 15) is 34.5 Å². The van der Waals surface area contributed by atoms with Gasteiger partial charge in [0.05, 0.1) is 40.3 Å². The van der Waals surface area contributed by atoms with E-state index in [1.165, 1.54) is 49.8 Å². The summed E-state index contributed by atoms with van der Waals surface area (Å²) in [6.45, 7) is 9.74. The van der Waals surface area contributed by atoms with E-state index in [0.717, 1.165) is 6.54 Å². The summed E-state index contributed by atoms with van der Waals surface area (Å²) in [5, 5.41) is 0. The molecule has 0 N–H and O–H groups in total. The smallest absolute Gasteiger partial charge is 0.418 e. The van der Waals surface area contributed by atoms with Crippen molar-refractivity contribution < 1.29 is 43.6 Å². The fraction of sp³-hybridized carbons (Fsp3) is 0.800. The first-order valence-corrected chi connectivity index (χ1v) is 9.19. The minimum absolute atomic E-state index is 1.06. The summed E-state index contributed by atoms with van der Waals surface area (Å²) in [7, 11) is -7.57. The van der Waals surface area contributed by atoms with Gasteiger partial charge in [0.15, 0.2) is 0 Å². The molecule has 0 unspecified atom stereocenters. The number of unbranched alkanes of at least 4 members (excludes halogenated alkanes) is 1. The molecule has 0 atom stereocenters. The number of aromatic nitrogens is 2. The molecule has 1 aliphatic heterocycles. The summed E-state index contributed by atoms with van der Waals surface area (Å²) >= 11 is 0. The van der Waals surface area contributed by atoms with Crippen LogP contribution in [0.3, 0.4) is 0 Å². The van der Waals surface area contributed by atoms with Gasteiger partial charge in [-0.2, -0.15) is 0 Å². The van der Waals surface area contributed by atoms with Crippen molar-refractivity contribution >= 4 is 14.5 Å². The quantitative estimate of drug-likeness (QED) is 0.278. The molecule has 13 heteroatoms. The van der Waals surface area contributed by atoms with Gasteiger partial charge in [-0.25, -0.2) is 9.13 Å². The molecule has 0 aromatic carbocycles. The molecule has 1 fully saturated rings. The molecule has 0 amide bonds. The topological polar surface area (TPSA) is 8.81 Å². The first-order valence-electron chi connectivity index (χ1n) is 9.19. The van der Waals surface area contributed by atoms with Gasteiger partial charge >= 0.3 is 14.5 Å². The van der Waals surface area contributed by atoms with Crippen molar-refractivity contribution in [3.63, 3.8) is 0 Å². The van der Waals surface area contributed by atoms with Gasteiger partial charge in [-0.1, -0.05) is 13.3 Å². The molecule has 168 valence electrons. The van der Waals surface area contributed by atoms with Gasteiger partial charge in [-0.15, -0.1) is 0 Å². The predicted molar refractivity (Wildman–Crippen MR) is 96.6 cm³/mol. The third-order valence-electron chi connectivity index (χ3n) is 3.89. The van der Waals surface area contributed by atoms with Gasteiger partial charge in [0.1, 0.15) is 12.4 Å². The second kappa shape index (κ2) is 13.8. The number of rotatable bonds is 4. The number of hydrogen-bond donors (Lipinski definition) is 0. The number of halogens is 8. The maximum atomic E-state index is 9.75. The Labute approximate surface area is 162 Å². The van der Waals surface area contributed by atoms with Gasteiger partial charge < -0.3 is 39.0 Å². The summed E-state index contributed by atoms with van der Waals surface area (Å²) in [5.41, 5.74) is 0. The maximum Gasteiger partial charge on any atom is 0.673 e. The first-order chi connectivity index (χ1) is 12.6. The number of hydrogen-bond acceptors (Lipinski definition) is 0. The molecular weight excluding hydrogens is 396 g/mol. The Hall–Kier alpha value is -1.26. The van der Waals surface area contributed by atoms with Crippen LogP contribution in [0.15, 0.2) is 18.7 Å². The van der Waals surface area contributed by atoms with Crippen LogP contribution in [0.25, 0.3) is 0 Å². The number of nitrogens with zero attached hydrogens (tertiary/aromatic N) is 3. The van der Waals surface area contributed by atoms with Crippen LogP contribution in [0.1, 0.15) is 39.5 Å². The molecule has 2 rings (SSSR count). The maximum absolute atomic E-state index is 9.75. The third-order valence-corrected chi connectivity index (χ3v) is 3.89. The van der Waals surface area contributed by atoms with Crippen LogP contribution in [0.2, 0.25) is 0 Å². The molecule has 3 nitrogen and oxygen atoms in total. The fourth-order valence-electron chi connectivity index (χ4n) is 2.55. The van der Waals surface area contributed by atoms with Crippen molar-refractivity contribution in [1.29, 1.82) is 0 Å². The van der Waals surface area contributed by atoms with Gasteiger partial charge in [-0.3, -0.25) is 0 Å². The van der Waals surface area contributed by atoms with E-state index in [2.05, 4.69) is 38.0 Å².